The molecule has 2 aromatic rings. The molecule has 0 bridgehead atoms. The number of rotatable bonds is 5. The van der Waals surface area contributed by atoms with Gasteiger partial charge in [-0.3, -0.25) is 0 Å². The SMILES string of the molecule is CCCCC/C(O)=C/c1nc(C)nc2ccccc12. The highest BCUT2D eigenvalue weighted by molar-refractivity contribution is 5.86. The lowest BCUT2D eigenvalue weighted by molar-refractivity contribution is 0.387. The summed E-state index contributed by atoms with van der Waals surface area (Å²) in [6, 6.07) is 7.88. The maximum atomic E-state index is 9.98. The topological polar surface area (TPSA) is 46.0 Å². The van der Waals surface area contributed by atoms with Crippen molar-refractivity contribution in [2.45, 2.75) is 39.5 Å². The van der Waals surface area contributed by atoms with E-state index in [1.165, 1.54) is 0 Å². The largest absolute Gasteiger partial charge is 0.512 e. The number of aryl methyl sites for hydroxylation is 1. The molecule has 3 heteroatoms. The zero-order valence-electron chi connectivity index (χ0n) is 11.6. The Morgan fingerprint density at radius 1 is 1.21 bits per heavy atom. The quantitative estimate of drug-likeness (QED) is 0.636. The lowest BCUT2D eigenvalue weighted by Gasteiger charge is -2.04. The highest BCUT2D eigenvalue weighted by Gasteiger charge is 2.04. The summed E-state index contributed by atoms with van der Waals surface area (Å²) in [6.45, 7) is 4.03. The van der Waals surface area contributed by atoms with Crippen molar-refractivity contribution in [3.8, 4) is 0 Å². The van der Waals surface area contributed by atoms with Crippen LogP contribution in [0.5, 0.6) is 0 Å². The van der Waals surface area contributed by atoms with E-state index >= 15 is 0 Å². The van der Waals surface area contributed by atoms with Gasteiger partial charge >= 0.3 is 0 Å². The van der Waals surface area contributed by atoms with Gasteiger partial charge in [0.1, 0.15) is 5.82 Å². The van der Waals surface area contributed by atoms with E-state index in [2.05, 4.69) is 16.9 Å². The van der Waals surface area contributed by atoms with Crippen molar-refractivity contribution in [2.75, 3.05) is 0 Å². The number of para-hydroxylation sites is 1. The number of allylic oxidation sites excluding steroid dienone is 1. The van der Waals surface area contributed by atoms with Gasteiger partial charge in [0.05, 0.1) is 17.0 Å². The predicted octanol–water partition coefficient (Wildman–Crippen LogP) is 4.42. The number of unbranched alkanes of at least 4 members (excludes halogenated alkanes) is 2. The third kappa shape index (κ3) is 3.53. The van der Waals surface area contributed by atoms with Gasteiger partial charge in [-0.2, -0.15) is 0 Å². The molecule has 0 saturated heterocycles. The maximum Gasteiger partial charge on any atom is 0.126 e. The lowest BCUT2D eigenvalue weighted by Crippen LogP contribution is -1.94. The van der Waals surface area contributed by atoms with Crippen molar-refractivity contribution in [3.05, 3.63) is 41.5 Å². The van der Waals surface area contributed by atoms with Gasteiger partial charge in [-0.15, -0.1) is 0 Å². The maximum absolute atomic E-state index is 9.98. The van der Waals surface area contributed by atoms with Crippen LogP contribution in [0.25, 0.3) is 17.0 Å². The first-order chi connectivity index (χ1) is 9.20. The Morgan fingerprint density at radius 2 is 2.00 bits per heavy atom. The fourth-order valence-corrected chi connectivity index (χ4v) is 2.12. The first-order valence-corrected chi connectivity index (χ1v) is 6.83. The predicted molar refractivity (Wildman–Crippen MR) is 79.0 cm³/mol. The number of nitrogens with zero attached hydrogens (tertiary/aromatic N) is 2. The average molecular weight is 256 g/mol. The third-order valence-corrected chi connectivity index (χ3v) is 3.08. The molecular weight excluding hydrogens is 236 g/mol. The Bertz CT molecular complexity index is 590. The molecule has 0 saturated carbocycles. The molecule has 2 rings (SSSR count). The van der Waals surface area contributed by atoms with Crippen LogP contribution in [-0.4, -0.2) is 15.1 Å². The molecule has 0 aliphatic carbocycles. The Hall–Kier alpha value is -1.90. The van der Waals surface area contributed by atoms with Crippen LogP contribution in [0.2, 0.25) is 0 Å². The Labute approximate surface area is 114 Å². The molecule has 0 spiro atoms. The fraction of sp³-hybridized carbons (Fsp3) is 0.375. The number of hydrogen-bond acceptors (Lipinski definition) is 3. The molecule has 1 N–H and O–H groups in total. The molecule has 19 heavy (non-hydrogen) atoms. The van der Waals surface area contributed by atoms with Gasteiger partial charge in [0.15, 0.2) is 0 Å². The average Bonchev–Trinajstić information content (AvgIpc) is 2.39. The van der Waals surface area contributed by atoms with Gasteiger partial charge < -0.3 is 5.11 Å². The summed E-state index contributed by atoms with van der Waals surface area (Å²) >= 11 is 0. The highest BCUT2D eigenvalue weighted by atomic mass is 16.3. The van der Waals surface area contributed by atoms with Gasteiger partial charge in [0.25, 0.3) is 0 Å². The number of aliphatic hydroxyl groups is 1. The fourth-order valence-electron chi connectivity index (χ4n) is 2.12. The van der Waals surface area contributed by atoms with E-state index < -0.39 is 0 Å². The summed E-state index contributed by atoms with van der Waals surface area (Å²) in [5.41, 5.74) is 1.72. The Kier molecular flexibility index (Phi) is 4.50. The minimum atomic E-state index is 0.400. The number of aromatic nitrogens is 2. The van der Waals surface area contributed by atoms with Gasteiger partial charge in [0.2, 0.25) is 0 Å². The van der Waals surface area contributed by atoms with Gasteiger partial charge in [-0.25, -0.2) is 9.97 Å². The monoisotopic (exact) mass is 256 g/mol. The molecule has 3 nitrogen and oxygen atoms in total. The van der Waals surface area contributed by atoms with E-state index in [0.717, 1.165) is 41.7 Å². The van der Waals surface area contributed by atoms with E-state index in [1.54, 1.807) is 6.08 Å². The standard InChI is InChI=1S/C16H20N2O/c1-3-4-5-8-13(19)11-16-14-9-6-7-10-15(14)17-12(2)18-16/h6-7,9-11,19H,3-5,8H2,1-2H3/b13-11-. The molecule has 0 aliphatic rings. The summed E-state index contributed by atoms with van der Waals surface area (Å²) in [4.78, 5) is 8.82. The number of benzene rings is 1. The van der Waals surface area contributed by atoms with Crippen molar-refractivity contribution < 1.29 is 5.11 Å². The van der Waals surface area contributed by atoms with Gasteiger partial charge in [-0.05, 0) is 19.4 Å². The lowest BCUT2D eigenvalue weighted by atomic mass is 10.1. The van der Waals surface area contributed by atoms with Crippen LogP contribution < -0.4 is 0 Å². The summed E-state index contributed by atoms with van der Waals surface area (Å²) in [7, 11) is 0. The summed E-state index contributed by atoms with van der Waals surface area (Å²) < 4.78 is 0. The zero-order chi connectivity index (χ0) is 13.7. The van der Waals surface area contributed by atoms with Crippen LogP contribution in [-0.2, 0) is 0 Å². The highest BCUT2D eigenvalue weighted by Crippen LogP contribution is 2.19. The van der Waals surface area contributed by atoms with Crippen LogP contribution in [0.15, 0.2) is 30.0 Å². The minimum Gasteiger partial charge on any atom is -0.512 e. The first kappa shape index (κ1) is 13.5. The van der Waals surface area contributed by atoms with Crippen LogP contribution in [0, 0.1) is 6.92 Å². The van der Waals surface area contributed by atoms with Crippen molar-refractivity contribution >= 4 is 17.0 Å². The minimum absolute atomic E-state index is 0.400. The molecule has 0 unspecified atom stereocenters. The van der Waals surface area contributed by atoms with Crippen molar-refractivity contribution in [1.29, 1.82) is 0 Å². The second kappa shape index (κ2) is 6.32. The first-order valence-electron chi connectivity index (χ1n) is 6.83. The van der Waals surface area contributed by atoms with Gasteiger partial charge in [0, 0.05) is 17.9 Å². The van der Waals surface area contributed by atoms with E-state index in [0.29, 0.717) is 12.2 Å². The summed E-state index contributed by atoms with van der Waals surface area (Å²) in [5.74, 6) is 1.13. The van der Waals surface area contributed by atoms with Crippen LogP contribution in [0.3, 0.4) is 0 Å². The second-order valence-electron chi connectivity index (χ2n) is 4.77. The van der Waals surface area contributed by atoms with Crippen LogP contribution in [0.1, 0.15) is 44.1 Å². The van der Waals surface area contributed by atoms with Crippen molar-refractivity contribution in [3.63, 3.8) is 0 Å². The molecule has 0 aliphatic heterocycles. The molecule has 1 aromatic heterocycles. The van der Waals surface area contributed by atoms with Crippen LogP contribution in [0.4, 0.5) is 0 Å². The van der Waals surface area contributed by atoms with E-state index in [4.69, 9.17) is 0 Å². The van der Waals surface area contributed by atoms with Crippen LogP contribution >= 0.6 is 0 Å². The molecule has 0 fully saturated rings. The van der Waals surface area contributed by atoms with E-state index in [9.17, 15) is 5.11 Å². The second-order valence-corrected chi connectivity index (χ2v) is 4.77. The molecule has 0 radical (unpaired) electrons. The molecule has 0 amide bonds. The Morgan fingerprint density at radius 3 is 2.79 bits per heavy atom. The van der Waals surface area contributed by atoms with Crippen molar-refractivity contribution in [2.24, 2.45) is 0 Å². The van der Waals surface area contributed by atoms with Crippen molar-refractivity contribution in [1.82, 2.24) is 9.97 Å². The smallest absolute Gasteiger partial charge is 0.126 e. The molecule has 100 valence electrons. The number of hydrogen-bond donors (Lipinski definition) is 1. The number of aliphatic hydroxyl groups excluding tert-OH is 1. The molecule has 1 aromatic carbocycles. The van der Waals surface area contributed by atoms with E-state index in [1.807, 2.05) is 31.2 Å². The third-order valence-electron chi connectivity index (χ3n) is 3.08. The molecular formula is C16H20N2O. The molecule has 0 atom stereocenters. The molecule has 1 heterocycles. The number of fused-ring (bicyclic) bond motifs is 1. The Balaban J connectivity index is 2.31. The van der Waals surface area contributed by atoms with E-state index in [-0.39, 0.29) is 0 Å². The normalized spacial score (nSPS) is 12.0. The van der Waals surface area contributed by atoms with Gasteiger partial charge in [-0.1, -0.05) is 38.0 Å². The summed E-state index contributed by atoms with van der Waals surface area (Å²) in [5, 5.41) is 11.0. The zero-order valence-corrected chi connectivity index (χ0v) is 11.6. The summed E-state index contributed by atoms with van der Waals surface area (Å²) in [6.07, 6.45) is 5.79.